The minimum absolute atomic E-state index is 0.0490. The van der Waals surface area contributed by atoms with Gasteiger partial charge in [-0.3, -0.25) is 10.1 Å². The lowest BCUT2D eigenvalue weighted by Crippen LogP contribution is -2.26. The van der Waals surface area contributed by atoms with Gasteiger partial charge >= 0.3 is 5.97 Å². The van der Waals surface area contributed by atoms with Crippen LogP contribution in [0.2, 0.25) is 0 Å². The molecule has 6 heteroatoms. The van der Waals surface area contributed by atoms with Crippen LogP contribution < -0.4 is 0 Å². The number of nitrogens with zero attached hydrogens (tertiary/aromatic N) is 1. The van der Waals surface area contributed by atoms with E-state index < -0.39 is 17.0 Å². The quantitative estimate of drug-likeness (QED) is 0.593. The van der Waals surface area contributed by atoms with Crippen molar-refractivity contribution in [2.75, 3.05) is 6.61 Å². The van der Waals surface area contributed by atoms with E-state index in [-0.39, 0.29) is 12.1 Å². The normalized spacial score (nSPS) is 12.1. The summed E-state index contributed by atoms with van der Waals surface area (Å²) in [6.45, 7) is 2.23. The molecule has 1 atom stereocenters. The van der Waals surface area contributed by atoms with Gasteiger partial charge < -0.3 is 9.84 Å². The van der Waals surface area contributed by atoms with Crippen LogP contribution in [-0.2, 0) is 16.0 Å². The van der Waals surface area contributed by atoms with Crippen LogP contribution in [0.3, 0.4) is 0 Å². The molecular formula is C12H15NO5. The lowest BCUT2D eigenvalue weighted by atomic mass is 10.1. The zero-order chi connectivity index (χ0) is 13.5. The number of carboxylic acids is 1. The molecular weight excluding hydrogens is 238 g/mol. The van der Waals surface area contributed by atoms with Crippen molar-refractivity contribution in [1.82, 2.24) is 0 Å². The predicted octanol–water partition coefficient (Wildman–Crippen LogP) is 2.02. The number of non-ortho nitro benzene ring substituents is 1. The SMILES string of the molecule is CCCO[C@H](Cc1cccc([N+](=O)[O-])c1)C(=O)O. The van der Waals surface area contributed by atoms with Crippen molar-refractivity contribution in [3.8, 4) is 0 Å². The zero-order valence-electron chi connectivity index (χ0n) is 10.0. The summed E-state index contributed by atoms with van der Waals surface area (Å²) in [4.78, 5) is 21.1. The Morgan fingerprint density at radius 3 is 2.83 bits per heavy atom. The van der Waals surface area contributed by atoms with E-state index in [1.807, 2.05) is 6.92 Å². The average Bonchev–Trinajstić information content (AvgIpc) is 2.34. The molecule has 0 radical (unpaired) electrons. The molecule has 0 saturated heterocycles. The van der Waals surface area contributed by atoms with Gasteiger partial charge in [-0.15, -0.1) is 0 Å². The van der Waals surface area contributed by atoms with E-state index in [9.17, 15) is 14.9 Å². The van der Waals surface area contributed by atoms with Gasteiger partial charge in [-0.05, 0) is 12.0 Å². The van der Waals surface area contributed by atoms with Gasteiger partial charge in [-0.2, -0.15) is 0 Å². The average molecular weight is 253 g/mol. The number of nitro benzene ring substituents is 1. The first kappa shape index (κ1) is 14.1. The van der Waals surface area contributed by atoms with E-state index in [1.165, 1.54) is 18.2 Å². The molecule has 1 aromatic rings. The molecule has 1 aromatic carbocycles. The van der Waals surface area contributed by atoms with Gasteiger partial charge in [0, 0.05) is 25.2 Å². The lowest BCUT2D eigenvalue weighted by Gasteiger charge is -2.12. The zero-order valence-corrected chi connectivity index (χ0v) is 10.0. The van der Waals surface area contributed by atoms with Crippen LogP contribution in [0.25, 0.3) is 0 Å². The molecule has 6 nitrogen and oxygen atoms in total. The van der Waals surface area contributed by atoms with Crippen LogP contribution in [0.1, 0.15) is 18.9 Å². The Morgan fingerprint density at radius 2 is 2.28 bits per heavy atom. The first-order valence-corrected chi connectivity index (χ1v) is 5.62. The predicted molar refractivity (Wildman–Crippen MR) is 64.5 cm³/mol. The summed E-state index contributed by atoms with van der Waals surface area (Å²) in [5.41, 5.74) is 0.528. The third-order valence-electron chi connectivity index (χ3n) is 2.34. The van der Waals surface area contributed by atoms with Gasteiger partial charge in [0.1, 0.15) is 0 Å². The van der Waals surface area contributed by atoms with Crippen LogP contribution in [0.15, 0.2) is 24.3 Å². The van der Waals surface area contributed by atoms with E-state index >= 15 is 0 Å². The van der Waals surface area contributed by atoms with E-state index in [0.29, 0.717) is 12.2 Å². The van der Waals surface area contributed by atoms with Crippen molar-refractivity contribution >= 4 is 11.7 Å². The Bertz CT molecular complexity index is 432. The van der Waals surface area contributed by atoms with E-state index in [2.05, 4.69) is 0 Å². The molecule has 0 aromatic heterocycles. The largest absolute Gasteiger partial charge is 0.479 e. The molecule has 0 heterocycles. The molecule has 0 unspecified atom stereocenters. The van der Waals surface area contributed by atoms with Crippen LogP contribution in [0.5, 0.6) is 0 Å². The van der Waals surface area contributed by atoms with Gasteiger partial charge in [0.2, 0.25) is 0 Å². The number of rotatable bonds is 7. The number of ether oxygens (including phenoxy) is 1. The standard InChI is InChI=1S/C12H15NO5/c1-2-6-18-11(12(14)15)8-9-4-3-5-10(7-9)13(16)17/h3-5,7,11H,2,6,8H2,1H3,(H,14,15)/t11-/m1/s1. The Balaban J connectivity index is 2.77. The second kappa shape index (κ2) is 6.70. The lowest BCUT2D eigenvalue weighted by molar-refractivity contribution is -0.384. The first-order valence-electron chi connectivity index (χ1n) is 5.62. The number of benzene rings is 1. The van der Waals surface area contributed by atoms with Gasteiger partial charge in [-0.25, -0.2) is 4.79 Å². The van der Waals surface area contributed by atoms with Gasteiger partial charge in [0.25, 0.3) is 5.69 Å². The minimum Gasteiger partial charge on any atom is -0.479 e. The summed E-state index contributed by atoms with van der Waals surface area (Å²) in [6.07, 6.45) is -0.123. The Morgan fingerprint density at radius 1 is 1.56 bits per heavy atom. The highest BCUT2D eigenvalue weighted by atomic mass is 16.6. The maximum atomic E-state index is 11.0. The Labute approximate surface area is 104 Å². The third-order valence-corrected chi connectivity index (χ3v) is 2.34. The number of hydrogen-bond donors (Lipinski definition) is 1. The van der Waals surface area contributed by atoms with Gasteiger partial charge in [0.05, 0.1) is 4.92 Å². The van der Waals surface area contributed by atoms with Crippen molar-refractivity contribution < 1.29 is 19.6 Å². The number of aliphatic carboxylic acids is 1. The molecule has 0 aliphatic heterocycles. The van der Waals surface area contributed by atoms with Crippen LogP contribution in [0, 0.1) is 10.1 Å². The molecule has 0 amide bonds. The summed E-state index contributed by atoms with van der Waals surface area (Å²) >= 11 is 0. The number of carboxylic acid groups (broad SMARTS) is 1. The monoisotopic (exact) mass is 253 g/mol. The second-order valence-electron chi connectivity index (χ2n) is 3.83. The van der Waals surface area contributed by atoms with Gasteiger partial charge in [0.15, 0.2) is 6.10 Å². The van der Waals surface area contributed by atoms with E-state index in [0.717, 1.165) is 6.42 Å². The molecule has 18 heavy (non-hydrogen) atoms. The first-order chi connectivity index (χ1) is 8.54. The Kier molecular flexibility index (Phi) is 5.26. The van der Waals surface area contributed by atoms with Crippen LogP contribution in [-0.4, -0.2) is 28.7 Å². The number of carbonyl (C=O) groups is 1. The fraction of sp³-hybridized carbons (Fsp3) is 0.417. The summed E-state index contributed by atoms with van der Waals surface area (Å²) in [5.74, 6) is -1.06. The molecule has 0 aliphatic carbocycles. The van der Waals surface area contributed by atoms with Crippen LogP contribution in [0.4, 0.5) is 5.69 Å². The third kappa shape index (κ3) is 4.14. The smallest absolute Gasteiger partial charge is 0.333 e. The van der Waals surface area contributed by atoms with Gasteiger partial charge in [-0.1, -0.05) is 19.1 Å². The molecule has 0 aliphatic rings. The summed E-state index contributed by atoms with van der Waals surface area (Å²) in [5, 5.41) is 19.6. The molecule has 0 saturated carbocycles. The van der Waals surface area contributed by atoms with E-state index in [1.54, 1.807) is 6.07 Å². The maximum absolute atomic E-state index is 11.0. The highest BCUT2D eigenvalue weighted by molar-refractivity contribution is 5.72. The fourth-order valence-corrected chi connectivity index (χ4v) is 1.49. The van der Waals surface area contributed by atoms with Crippen molar-refractivity contribution in [1.29, 1.82) is 0 Å². The van der Waals surface area contributed by atoms with Crippen molar-refractivity contribution in [3.05, 3.63) is 39.9 Å². The second-order valence-corrected chi connectivity index (χ2v) is 3.83. The number of hydrogen-bond acceptors (Lipinski definition) is 4. The van der Waals surface area contributed by atoms with Crippen molar-refractivity contribution in [3.63, 3.8) is 0 Å². The highest BCUT2D eigenvalue weighted by Gasteiger charge is 2.19. The van der Waals surface area contributed by atoms with Crippen LogP contribution >= 0.6 is 0 Å². The van der Waals surface area contributed by atoms with Crippen molar-refractivity contribution in [2.45, 2.75) is 25.9 Å². The molecule has 0 bridgehead atoms. The van der Waals surface area contributed by atoms with Crippen molar-refractivity contribution in [2.24, 2.45) is 0 Å². The van der Waals surface area contributed by atoms with E-state index in [4.69, 9.17) is 9.84 Å². The Hall–Kier alpha value is -1.95. The molecule has 1 rings (SSSR count). The highest BCUT2D eigenvalue weighted by Crippen LogP contribution is 2.15. The fourth-order valence-electron chi connectivity index (χ4n) is 1.49. The molecule has 98 valence electrons. The summed E-state index contributed by atoms with van der Waals surface area (Å²) < 4.78 is 5.19. The number of nitro groups is 1. The maximum Gasteiger partial charge on any atom is 0.333 e. The summed E-state index contributed by atoms with van der Waals surface area (Å²) in [7, 11) is 0. The molecule has 0 spiro atoms. The summed E-state index contributed by atoms with van der Waals surface area (Å²) in [6, 6.07) is 5.92. The molecule has 1 N–H and O–H groups in total. The minimum atomic E-state index is -1.06. The molecule has 0 fully saturated rings. The topological polar surface area (TPSA) is 89.7 Å².